The van der Waals surface area contributed by atoms with Crippen molar-refractivity contribution in [2.24, 2.45) is 5.92 Å². The zero-order valence-electron chi connectivity index (χ0n) is 14.7. The van der Waals surface area contributed by atoms with E-state index < -0.39 is 0 Å². The van der Waals surface area contributed by atoms with E-state index in [9.17, 15) is 9.59 Å². The van der Waals surface area contributed by atoms with Crippen molar-refractivity contribution in [1.29, 1.82) is 0 Å². The van der Waals surface area contributed by atoms with E-state index >= 15 is 0 Å². The van der Waals surface area contributed by atoms with Crippen LogP contribution in [0.2, 0.25) is 0 Å². The van der Waals surface area contributed by atoms with Crippen LogP contribution in [0.3, 0.4) is 0 Å². The molecule has 1 atom stereocenters. The third-order valence-electron chi connectivity index (χ3n) is 4.25. The van der Waals surface area contributed by atoms with Crippen molar-refractivity contribution in [3.05, 3.63) is 36.7 Å². The number of hydrogen-bond acceptors (Lipinski definition) is 5. The Morgan fingerprint density at radius 2 is 2.08 bits per heavy atom. The second-order valence-electron chi connectivity index (χ2n) is 6.24. The van der Waals surface area contributed by atoms with E-state index in [-0.39, 0.29) is 24.3 Å². The van der Waals surface area contributed by atoms with Gasteiger partial charge in [0.1, 0.15) is 12.3 Å². The molecule has 1 saturated heterocycles. The number of carbonyl (C=O) groups is 2. The van der Waals surface area contributed by atoms with E-state index in [1.807, 2.05) is 0 Å². The lowest BCUT2D eigenvalue weighted by molar-refractivity contribution is -0.120. The lowest BCUT2D eigenvalue weighted by Gasteiger charge is -2.21. The molecule has 0 bridgehead atoms. The highest BCUT2D eigenvalue weighted by Gasteiger charge is 2.21. The highest BCUT2D eigenvalue weighted by molar-refractivity contribution is 5.93. The van der Waals surface area contributed by atoms with Crippen molar-refractivity contribution in [2.45, 2.75) is 19.4 Å². The SMILES string of the molecule is COc1ccc(NC(=O)Cn2cc(NC(=O)C3CCCNC3)cn2)cc1. The number of piperidine rings is 1. The average molecular weight is 357 g/mol. The van der Waals surface area contributed by atoms with Crippen LogP contribution in [0.15, 0.2) is 36.7 Å². The van der Waals surface area contributed by atoms with Crippen LogP contribution in [0, 0.1) is 5.92 Å². The predicted octanol–water partition coefficient (Wildman–Crippen LogP) is 1.47. The second-order valence-corrected chi connectivity index (χ2v) is 6.24. The van der Waals surface area contributed by atoms with Gasteiger partial charge in [0, 0.05) is 18.4 Å². The molecule has 8 nitrogen and oxygen atoms in total. The van der Waals surface area contributed by atoms with E-state index in [1.165, 1.54) is 4.68 Å². The van der Waals surface area contributed by atoms with E-state index in [4.69, 9.17) is 4.74 Å². The van der Waals surface area contributed by atoms with Crippen LogP contribution in [-0.4, -0.2) is 41.8 Å². The van der Waals surface area contributed by atoms with Gasteiger partial charge in [-0.1, -0.05) is 0 Å². The summed E-state index contributed by atoms with van der Waals surface area (Å²) in [5.41, 5.74) is 1.28. The summed E-state index contributed by atoms with van der Waals surface area (Å²) < 4.78 is 6.58. The molecule has 2 heterocycles. The first-order valence-corrected chi connectivity index (χ1v) is 8.62. The van der Waals surface area contributed by atoms with Crippen LogP contribution >= 0.6 is 0 Å². The number of amides is 2. The van der Waals surface area contributed by atoms with Crippen LogP contribution in [0.1, 0.15) is 12.8 Å². The molecule has 0 spiro atoms. The molecule has 8 heteroatoms. The van der Waals surface area contributed by atoms with Crippen molar-refractivity contribution in [1.82, 2.24) is 15.1 Å². The zero-order valence-corrected chi connectivity index (χ0v) is 14.7. The van der Waals surface area contributed by atoms with Gasteiger partial charge in [-0.05, 0) is 43.7 Å². The number of ether oxygens (including phenoxy) is 1. The monoisotopic (exact) mass is 357 g/mol. The first kappa shape index (κ1) is 17.9. The molecule has 0 saturated carbocycles. The van der Waals surface area contributed by atoms with Crippen molar-refractivity contribution in [2.75, 3.05) is 30.8 Å². The number of hydrogen-bond donors (Lipinski definition) is 3. The van der Waals surface area contributed by atoms with E-state index in [2.05, 4.69) is 21.0 Å². The predicted molar refractivity (Wildman–Crippen MR) is 98.1 cm³/mol. The maximum Gasteiger partial charge on any atom is 0.246 e. The lowest BCUT2D eigenvalue weighted by atomic mass is 9.99. The Labute approximate surface area is 151 Å². The fourth-order valence-electron chi connectivity index (χ4n) is 2.86. The maximum absolute atomic E-state index is 12.2. The molecule has 26 heavy (non-hydrogen) atoms. The average Bonchev–Trinajstić information content (AvgIpc) is 3.09. The van der Waals surface area contributed by atoms with Crippen molar-refractivity contribution in [3.63, 3.8) is 0 Å². The van der Waals surface area contributed by atoms with Gasteiger partial charge in [-0.15, -0.1) is 0 Å². The molecule has 3 N–H and O–H groups in total. The minimum absolute atomic E-state index is 0.0144. The van der Waals surface area contributed by atoms with Gasteiger partial charge in [0.05, 0.1) is 24.9 Å². The highest BCUT2D eigenvalue weighted by atomic mass is 16.5. The Balaban J connectivity index is 1.50. The highest BCUT2D eigenvalue weighted by Crippen LogP contribution is 2.16. The van der Waals surface area contributed by atoms with Gasteiger partial charge in [-0.2, -0.15) is 5.10 Å². The minimum Gasteiger partial charge on any atom is -0.497 e. The number of rotatable bonds is 6. The number of aromatic nitrogens is 2. The molecular formula is C18H23N5O3. The number of benzene rings is 1. The van der Waals surface area contributed by atoms with Gasteiger partial charge in [0.15, 0.2) is 0 Å². The summed E-state index contributed by atoms with van der Waals surface area (Å²) in [6, 6.07) is 7.09. The summed E-state index contributed by atoms with van der Waals surface area (Å²) in [6.07, 6.45) is 5.09. The summed E-state index contributed by atoms with van der Waals surface area (Å²) in [5.74, 6) is 0.487. The molecule has 1 aromatic heterocycles. The number of anilines is 2. The molecule has 1 fully saturated rings. The first-order valence-electron chi connectivity index (χ1n) is 8.62. The third kappa shape index (κ3) is 4.82. The lowest BCUT2D eigenvalue weighted by Crippen LogP contribution is -2.37. The maximum atomic E-state index is 12.2. The third-order valence-corrected chi connectivity index (χ3v) is 4.25. The van der Waals surface area contributed by atoms with Gasteiger partial charge in [-0.3, -0.25) is 14.3 Å². The molecule has 0 radical (unpaired) electrons. The van der Waals surface area contributed by atoms with Crippen LogP contribution in [0.25, 0.3) is 0 Å². The molecule has 0 aliphatic carbocycles. The smallest absolute Gasteiger partial charge is 0.246 e. The Morgan fingerprint density at radius 3 is 2.77 bits per heavy atom. The molecular weight excluding hydrogens is 334 g/mol. The van der Waals surface area contributed by atoms with Gasteiger partial charge < -0.3 is 20.7 Å². The summed E-state index contributed by atoms with van der Waals surface area (Å²) in [5, 5.41) is 13.0. The standard InChI is InChI=1S/C18H23N5O3/c1-26-16-6-4-14(5-7-16)21-17(24)12-23-11-15(10-20-23)22-18(25)13-3-2-8-19-9-13/h4-7,10-11,13,19H,2-3,8-9,12H2,1H3,(H,21,24)(H,22,25). The second kappa shape index (κ2) is 8.48. The Morgan fingerprint density at radius 1 is 1.27 bits per heavy atom. The van der Waals surface area contributed by atoms with Gasteiger partial charge >= 0.3 is 0 Å². The van der Waals surface area contributed by atoms with Crippen LogP contribution in [0.4, 0.5) is 11.4 Å². The molecule has 2 aromatic rings. The fraction of sp³-hybridized carbons (Fsp3) is 0.389. The normalized spacial score (nSPS) is 16.7. The largest absolute Gasteiger partial charge is 0.497 e. The quantitative estimate of drug-likeness (QED) is 0.727. The molecule has 2 amide bonds. The van der Waals surface area contributed by atoms with E-state index in [1.54, 1.807) is 43.8 Å². The minimum atomic E-state index is -0.201. The molecule has 1 aromatic carbocycles. The summed E-state index contributed by atoms with van der Waals surface area (Å²) >= 11 is 0. The van der Waals surface area contributed by atoms with Crippen molar-refractivity contribution < 1.29 is 14.3 Å². The van der Waals surface area contributed by atoms with Gasteiger partial charge in [0.25, 0.3) is 0 Å². The summed E-state index contributed by atoms with van der Waals surface area (Å²) in [4.78, 5) is 24.3. The number of methoxy groups -OCH3 is 1. The number of carbonyl (C=O) groups excluding carboxylic acids is 2. The van der Waals surface area contributed by atoms with Crippen LogP contribution in [0.5, 0.6) is 5.75 Å². The number of nitrogens with one attached hydrogen (secondary N) is 3. The molecule has 1 aliphatic rings. The van der Waals surface area contributed by atoms with Crippen LogP contribution < -0.4 is 20.7 Å². The fourth-order valence-corrected chi connectivity index (χ4v) is 2.86. The topological polar surface area (TPSA) is 97.3 Å². The summed E-state index contributed by atoms with van der Waals surface area (Å²) in [6.45, 7) is 1.72. The summed E-state index contributed by atoms with van der Waals surface area (Å²) in [7, 11) is 1.59. The molecule has 3 rings (SSSR count). The Bertz CT molecular complexity index is 750. The van der Waals surface area contributed by atoms with E-state index in [0.29, 0.717) is 17.9 Å². The molecule has 138 valence electrons. The van der Waals surface area contributed by atoms with Gasteiger partial charge in [-0.25, -0.2) is 0 Å². The zero-order chi connectivity index (χ0) is 18.4. The Hall–Kier alpha value is -2.87. The van der Waals surface area contributed by atoms with E-state index in [0.717, 1.165) is 25.1 Å². The van der Waals surface area contributed by atoms with Crippen molar-refractivity contribution >= 4 is 23.2 Å². The molecule has 1 aliphatic heterocycles. The van der Waals surface area contributed by atoms with Gasteiger partial charge in [0.2, 0.25) is 11.8 Å². The first-order chi connectivity index (χ1) is 12.6. The van der Waals surface area contributed by atoms with Crippen molar-refractivity contribution in [3.8, 4) is 5.75 Å². The Kier molecular flexibility index (Phi) is 5.85. The van der Waals surface area contributed by atoms with Crippen LogP contribution in [-0.2, 0) is 16.1 Å². The molecule has 1 unspecified atom stereocenters. The number of nitrogens with zero attached hydrogens (tertiary/aromatic N) is 2.